The van der Waals surface area contributed by atoms with Crippen molar-refractivity contribution in [3.05, 3.63) is 23.8 Å². The standard InChI is InChI=1S/C15H20N2O3S/c1-2-20-8-3-7-16-15(19)11-4-5-13-12(10-11)17-14(18)6-9-21-13/h4-5,10H,2-3,6-9H2,1H3,(H,16,19)(H,17,18). The summed E-state index contributed by atoms with van der Waals surface area (Å²) >= 11 is 1.63. The van der Waals surface area contributed by atoms with Gasteiger partial charge in [0.25, 0.3) is 5.91 Å². The maximum atomic E-state index is 12.1. The highest BCUT2D eigenvalue weighted by atomic mass is 32.2. The second-order valence-electron chi connectivity index (χ2n) is 4.66. The van der Waals surface area contributed by atoms with Crippen molar-refractivity contribution >= 4 is 29.3 Å². The lowest BCUT2D eigenvalue weighted by atomic mass is 10.2. The minimum atomic E-state index is -0.127. The first kappa shape index (κ1) is 15.9. The quantitative estimate of drug-likeness (QED) is 0.791. The molecule has 6 heteroatoms. The van der Waals surface area contributed by atoms with Crippen LogP contribution in [0.5, 0.6) is 0 Å². The number of benzene rings is 1. The monoisotopic (exact) mass is 308 g/mol. The molecule has 1 aliphatic heterocycles. The zero-order valence-electron chi connectivity index (χ0n) is 12.1. The molecule has 0 spiro atoms. The summed E-state index contributed by atoms with van der Waals surface area (Å²) in [5, 5.41) is 5.69. The number of fused-ring (bicyclic) bond motifs is 1. The minimum absolute atomic E-state index is 0.00415. The first-order valence-electron chi connectivity index (χ1n) is 7.13. The summed E-state index contributed by atoms with van der Waals surface area (Å²) in [4.78, 5) is 24.6. The van der Waals surface area contributed by atoms with Crippen LogP contribution in [0.3, 0.4) is 0 Å². The summed E-state index contributed by atoms with van der Waals surface area (Å²) in [6, 6.07) is 5.42. The van der Waals surface area contributed by atoms with Crippen LogP contribution in [0.2, 0.25) is 0 Å². The van der Waals surface area contributed by atoms with Gasteiger partial charge < -0.3 is 15.4 Å². The van der Waals surface area contributed by atoms with E-state index < -0.39 is 0 Å². The fourth-order valence-electron chi connectivity index (χ4n) is 1.98. The molecule has 0 radical (unpaired) electrons. The van der Waals surface area contributed by atoms with E-state index in [1.165, 1.54) is 0 Å². The molecule has 0 unspecified atom stereocenters. The van der Waals surface area contributed by atoms with Crippen LogP contribution in [0.1, 0.15) is 30.1 Å². The third kappa shape index (κ3) is 4.75. The number of ether oxygens (including phenoxy) is 1. The molecule has 114 valence electrons. The summed E-state index contributed by atoms with van der Waals surface area (Å²) in [6.07, 6.45) is 1.29. The summed E-state index contributed by atoms with van der Waals surface area (Å²) in [6.45, 7) is 3.86. The molecule has 21 heavy (non-hydrogen) atoms. The molecule has 0 saturated heterocycles. The fraction of sp³-hybridized carbons (Fsp3) is 0.467. The normalized spacial score (nSPS) is 14.0. The minimum Gasteiger partial charge on any atom is -0.382 e. The Morgan fingerprint density at radius 1 is 1.48 bits per heavy atom. The van der Waals surface area contributed by atoms with Gasteiger partial charge in [0.2, 0.25) is 5.91 Å². The van der Waals surface area contributed by atoms with Gasteiger partial charge in [-0.3, -0.25) is 9.59 Å². The van der Waals surface area contributed by atoms with Gasteiger partial charge in [0.15, 0.2) is 0 Å². The topological polar surface area (TPSA) is 67.4 Å². The zero-order valence-corrected chi connectivity index (χ0v) is 12.9. The van der Waals surface area contributed by atoms with Crippen molar-refractivity contribution in [3.63, 3.8) is 0 Å². The highest BCUT2D eigenvalue weighted by Crippen LogP contribution is 2.31. The van der Waals surface area contributed by atoms with Crippen molar-refractivity contribution < 1.29 is 14.3 Å². The number of carbonyl (C=O) groups is 2. The van der Waals surface area contributed by atoms with E-state index in [0.29, 0.717) is 31.7 Å². The Bertz CT molecular complexity index is 520. The molecule has 1 aromatic rings. The Labute approximate surface area is 128 Å². The number of amides is 2. The highest BCUT2D eigenvalue weighted by Gasteiger charge is 2.15. The van der Waals surface area contributed by atoms with Crippen LogP contribution in [-0.2, 0) is 9.53 Å². The third-order valence-corrected chi connectivity index (χ3v) is 4.13. The number of rotatable bonds is 6. The summed E-state index contributed by atoms with van der Waals surface area (Å²) in [7, 11) is 0. The molecule has 0 fully saturated rings. The van der Waals surface area contributed by atoms with Gasteiger partial charge in [-0.1, -0.05) is 0 Å². The number of hydrogen-bond acceptors (Lipinski definition) is 4. The Hall–Kier alpha value is -1.53. The van der Waals surface area contributed by atoms with Gasteiger partial charge in [0, 0.05) is 42.4 Å². The van der Waals surface area contributed by atoms with Crippen LogP contribution >= 0.6 is 11.8 Å². The van der Waals surface area contributed by atoms with Gasteiger partial charge in [0.05, 0.1) is 5.69 Å². The second-order valence-corrected chi connectivity index (χ2v) is 5.80. The molecule has 1 aromatic carbocycles. The molecule has 1 heterocycles. The summed E-state index contributed by atoms with van der Waals surface area (Å²) < 4.78 is 5.22. The number of nitrogens with one attached hydrogen (secondary N) is 2. The van der Waals surface area contributed by atoms with E-state index in [1.54, 1.807) is 23.9 Å². The smallest absolute Gasteiger partial charge is 0.251 e. The number of anilines is 1. The van der Waals surface area contributed by atoms with Gasteiger partial charge in [-0.25, -0.2) is 0 Å². The van der Waals surface area contributed by atoms with Crippen molar-refractivity contribution in [2.75, 3.05) is 30.8 Å². The molecule has 5 nitrogen and oxygen atoms in total. The van der Waals surface area contributed by atoms with Crippen LogP contribution < -0.4 is 10.6 Å². The van der Waals surface area contributed by atoms with E-state index >= 15 is 0 Å². The van der Waals surface area contributed by atoms with Crippen LogP contribution in [0.4, 0.5) is 5.69 Å². The Kier molecular flexibility index (Phi) is 6.07. The largest absolute Gasteiger partial charge is 0.382 e. The van der Waals surface area contributed by atoms with Gasteiger partial charge in [-0.15, -0.1) is 11.8 Å². The van der Waals surface area contributed by atoms with Crippen molar-refractivity contribution in [1.29, 1.82) is 0 Å². The lowest BCUT2D eigenvalue weighted by Gasteiger charge is -2.09. The zero-order chi connectivity index (χ0) is 15.1. The average Bonchev–Trinajstić information content (AvgIpc) is 2.66. The average molecular weight is 308 g/mol. The molecule has 2 rings (SSSR count). The van der Waals surface area contributed by atoms with Crippen LogP contribution in [0.25, 0.3) is 0 Å². The van der Waals surface area contributed by atoms with E-state index in [2.05, 4.69) is 10.6 Å². The maximum Gasteiger partial charge on any atom is 0.251 e. The van der Waals surface area contributed by atoms with Crippen LogP contribution in [0.15, 0.2) is 23.1 Å². The predicted octanol–water partition coefficient (Wildman–Crippen LogP) is 2.28. The van der Waals surface area contributed by atoms with Gasteiger partial charge in [0.1, 0.15) is 0 Å². The fourth-order valence-corrected chi connectivity index (χ4v) is 2.92. The first-order valence-corrected chi connectivity index (χ1v) is 8.12. The van der Waals surface area contributed by atoms with Gasteiger partial charge in [-0.05, 0) is 31.5 Å². The number of thioether (sulfide) groups is 1. The molecule has 0 aromatic heterocycles. The molecular weight excluding hydrogens is 288 g/mol. The molecular formula is C15H20N2O3S. The van der Waals surface area contributed by atoms with E-state index in [9.17, 15) is 9.59 Å². The number of hydrogen-bond donors (Lipinski definition) is 2. The molecule has 2 N–H and O–H groups in total. The Balaban J connectivity index is 1.94. The van der Waals surface area contributed by atoms with Crippen molar-refractivity contribution in [1.82, 2.24) is 5.32 Å². The molecule has 0 atom stereocenters. The van der Waals surface area contributed by atoms with E-state index in [-0.39, 0.29) is 11.8 Å². The van der Waals surface area contributed by atoms with E-state index in [4.69, 9.17) is 4.74 Å². The van der Waals surface area contributed by atoms with E-state index in [0.717, 1.165) is 22.8 Å². The SMILES string of the molecule is CCOCCCNC(=O)c1ccc2c(c1)NC(=O)CCS2. The van der Waals surface area contributed by atoms with Gasteiger partial charge in [-0.2, -0.15) is 0 Å². The van der Waals surface area contributed by atoms with Gasteiger partial charge >= 0.3 is 0 Å². The highest BCUT2D eigenvalue weighted by molar-refractivity contribution is 7.99. The Morgan fingerprint density at radius 3 is 3.14 bits per heavy atom. The maximum absolute atomic E-state index is 12.1. The van der Waals surface area contributed by atoms with Crippen molar-refractivity contribution in [3.8, 4) is 0 Å². The lowest BCUT2D eigenvalue weighted by molar-refractivity contribution is -0.115. The van der Waals surface area contributed by atoms with Crippen molar-refractivity contribution in [2.24, 2.45) is 0 Å². The molecule has 2 amide bonds. The van der Waals surface area contributed by atoms with E-state index in [1.807, 2.05) is 13.0 Å². The summed E-state index contributed by atoms with van der Waals surface area (Å²) in [5.41, 5.74) is 1.29. The second kappa shape index (κ2) is 8.05. The number of carbonyl (C=O) groups excluding carboxylic acids is 2. The summed E-state index contributed by atoms with van der Waals surface area (Å²) in [5.74, 6) is 0.634. The van der Waals surface area contributed by atoms with Crippen molar-refractivity contribution in [2.45, 2.75) is 24.7 Å². The predicted molar refractivity (Wildman–Crippen MR) is 83.9 cm³/mol. The molecule has 0 saturated carbocycles. The third-order valence-electron chi connectivity index (χ3n) is 3.06. The lowest BCUT2D eigenvalue weighted by Crippen LogP contribution is -2.25. The molecule has 0 aliphatic carbocycles. The van der Waals surface area contributed by atoms with Crippen LogP contribution in [0, 0.1) is 0 Å². The molecule has 1 aliphatic rings. The first-order chi connectivity index (χ1) is 10.2. The van der Waals surface area contributed by atoms with Crippen LogP contribution in [-0.4, -0.2) is 37.3 Å². The Morgan fingerprint density at radius 2 is 2.33 bits per heavy atom. The molecule has 0 bridgehead atoms.